The molecule has 1 heterocycles. The minimum atomic E-state index is -0.611. The second kappa shape index (κ2) is 3.21. The standard InChI is InChI=1S/C12H22N2O/c1-11(2)6-7-14(8-11)10(15)12(3,13)9-4-5-9/h9H,4-8,13H2,1-3H3. The van der Waals surface area contributed by atoms with Crippen LogP contribution >= 0.6 is 0 Å². The molecule has 86 valence electrons. The third-order valence-electron chi connectivity index (χ3n) is 3.85. The van der Waals surface area contributed by atoms with E-state index in [1.807, 2.05) is 11.8 Å². The van der Waals surface area contributed by atoms with Crippen LogP contribution in [0.25, 0.3) is 0 Å². The van der Waals surface area contributed by atoms with Gasteiger partial charge < -0.3 is 10.6 Å². The van der Waals surface area contributed by atoms with E-state index in [1.165, 1.54) is 0 Å². The summed E-state index contributed by atoms with van der Waals surface area (Å²) in [6.45, 7) is 8.07. The highest BCUT2D eigenvalue weighted by molar-refractivity contribution is 5.86. The number of hydrogen-bond donors (Lipinski definition) is 1. The maximum absolute atomic E-state index is 12.2. The molecule has 0 aromatic carbocycles. The van der Waals surface area contributed by atoms with E-state index in [9.17, 15) is 4.79 Å². The zero-order chi connectivity index (χ0) is 11.3. The molecule has 1 aliphatic carbocycles. The van der Waals surface area contributed by atoms with Gasteiger partial charge in [-0.3, -0.25) is 4.79 Å². The Bertz CT molecular complexity index is 279. The molecule has 2 rings (SSSR count). The maximum Gasteiger partial charge on any atom is 0.242 e. The number of amides is 1. The molecule has 1 amide bonds. The number of carbonyl (C=O) groups is 1. The molecule has 2 fully saturated rings. The fraction of sp³-hybridized carbons (Fsp3) is 0.917. The van der Waals surface area contributed by atoms with Gasteiger partial charge in [-0.15, -0.1) is 0 Å². The topological polar surface area (TPSA) is 46.3 Å². The molecule has 2 N–H and O–H groups in total. The van der Waals surface area contributed by atoms with Crippen molar-refractivity contribution in [2.24, 2.45) is 17.1 Å². The molecular formula is C12H22N2O. The van der Waals surface area contributed by atoms with E-state index in [-0.39, 0.29) is 11.3 Å². The van der Waals surface area contributed by atoms with Crippen molar-refractivity contribution in [3.8, 4) is 0 Å². The van der Waals surface area contributed by atoms with Gasteiger partial charge in [-0.05, 0) is 37.5 Å². The summed E-state index contributed by atoms with van der Waals surface area (Å²) in [6, 6.07) is 0. The fourth-order valence-corrected chi connectivity index (χ4v) is 2.48. The van der Waals surface area contributed by atoms with E-state index in [0.29, 0.717) is 5.92 Å². The Labute approximate surface area is 92.0 Å². The van der Waals surface area contributed by atoms with Crippen LogP contribution in [0.2, 0.25) is 0 Å². The molecule has 1 saturated heterocycles. The van der Waals surface area contributed by atoms with Crippen LogP contribution in [0, 0.1) is 11.3 Å². The number of nitrogens with zero attached hydrogens (tertiary/aromatic N) is 1. The zero-order valence-corrected chi connectivity index (χ0v) is 10.0. The number of likely N-dealkylation sites (tertiary alicyclic amines) is 1. The lowest BCUT2D eigenvalue weighted by Gasteiger charge is -2.30. The smallest absolute Gasteiger partial charge is 0.242 e. The molecule has 1 atom stereocenters. The highest BCUT2D eigenvalue weighted by atomic mass is 16.2. The highest BCUT2D eigenvalue weighted by Crippen LogP contribution is 2.40. The van der Waals surface area contributed by atoms with E-state index in [1.54, 1.807) is 0 Å². The Morgan fingerprint density at radius 2 is 2.07 bits per heavy atom. The molecule has 0 radical (unpaired) electrons. The minimum absolute atomic E-state index is 0.163. The third kappa shape index (κ3) is 2.03. The lowest BCUT2D eigenvalue weighted by molar-refractivity contribution is -0.136. The van der Waals surface area contributed by atoms with Crippen LogP contribution in [0.3, 0.4) is 0 Å². The first-order valence-corrected chi connectivity index (χ1v) is 5.91. The second-order valence-corrected chi connectivity index (χ2v) is 6.20. The largest absolute Gasteiger partial charge is 0.341 e. The average Bonchev–Trinajstić information content (AvgIpc) is 2.90. The molecule has 3 nitrogen and oxygen atoms in total. The van der Waals surface area contributed by atoms with Gasteiger partial charge in [0.25, 0.3) is 0 Å². The number of carbonyl (C=O) groups excluding carboxylic acids is 1. The van der Waals surface area contributed by atoms with E-state index in [0.717, 1.165) is 32.4 Å². The first-order valence-electron chi connectivity index (χ1n) is 5.91. The van der Waals surface area contributed by atoms with Gasteiger partial charge in [0.15, 0.2) is 0 Å². The molecule has 0 aromatic heterocycles. The molecule has 0 spiro atoms. The van der Waals surface area contributed by atoms with Crippen molar-refractivity contribution < 1.29 is 4.79 Å². The summed E-state index contributed by atoms with van der Waals surface area (Å²) < 4.78 is 0. The van der Waals surface area contributed by atoms with Gasteiger partial charge in [0.2, 0.25) is 5.91 Å². The molecule has 1 saturated carbocycles. The second-order valence-electron chi connectivity index (χ2n) is 6.20. The van der Waals surface area contributed by atoms with Crippen molar-refractivity contribution in [2.45, 2.75) is 45.6 Å². The highest BCUT2D eigenvalue weighted by Gasteiger charge is 2.47. The normalized spacial score (nSPS) is 28.9. The van der Waals surface area contributed by atoms with Crippen LogP contribution in [0.1, 0.15) is 40.0 Å². The summed E-state index contributed by atoms with van der Waals surface area (Å²) in [5.41, 5.74) is 5.81. The Hall–Kier alpha value is -0.570. The van der Waals surface area contributed by atoms with Crippen molar-refractivity contribution in [3.63, 3.8) is 0 Å². The van der Waals surface area contributed by atoms with Gasteiger partial charge in [0.1, 0.15) is 0 Å². The van der Waals surface area contributed by atoms with Crippen molar-refractivity contribution in [1.82, 2.24) is 4.90 Å². The Kier molecular flexibility index (Phi) is 2.34. The van der Waals surface area contributed by atoms with Gasteiger partial charge in [-0.1, -0.05) is 13.8 Å². The average molecular weight is 210 g/mol. The van der Waals surface area contributed by atoms with E-state index < -0.39 is 5.54 Å². The summed E-state index contributed by atoms with van der Waals surface area (Å²) in [7, 11) is 0. The summed E-state index contributed by atoms with van der Waals surface area (Å²) in [4.78, 5) is 14.2. The number of nitrogens with two attached hydrogens (primary N) is 1. The van der Waals surface area contributed by atoms with E-state index in [4.69, 9.17) is 5.73 Å². The van der Waals surface area contributed by atoms with Crippen LogP contribution in [0.15, 0.2) is 0 Å². The molecule has 15 heavy (non-hydrogen) atoms. The monoisotopic (exact) mass is 210 g/mol. The van der Waals surface area contributed by atoms with Crippen LogP contribution in [-0.4, -0.2) is 29.4 Å². The summed E-state index contributed by atoms with van der Waals surface area (Å²) in [5, 5.41) is 0. The maximum atomic E-state index is 12.2. The SMILES string of the molecule is CC1(C)CCN(C(=O)C(C)(N)C2CC2)C1. The van der Waals surface area contributed by atoms with Gasteiger partial charge in [-0.2, -0.15) is 0 Å². The first kappa shape index (κ1) is 10.9. The summed E-state index contributed by atoms with van der Waals surface area (Å²) >= 11 is 0. The minimum Gasteiger partial charge on any atom is -0.341 e. The molecule has 1 aliphatic heterocycles. The van der Waals surface area contributed by atoms with Crippen molar-refractivity contribution >= 4 is 5.91 Å². The predicted octanol–water partition coefficient (Wildman–Crippen LogP) is 1.37. The predicted molar refractivity (Wildman–Crippen MR) is 60.3 cm³/mol. The summed E-state index contributed by atoms with van der Waals surface area (Å²) in [5.74, 6) is 0.587. The molecule has 3 heteroatoms. The Morgan fingerprint density at radius 3 is 2.47 bits per heavy atom. The lowest BCUT2D eigenvalue weighted by Crippen LogP contribution is -2.54. The van der Waals surface area contributed by atoms with Gasteiger partial charge >= 0.3 is 0 Å². The van der Waals surface area contributed by atoms with E-state index in [2.05, 4.69) is 13.8 Å². The lowest BCUT2D eigenvalue weighted by atomic mass is 9.92. The van der Waals surface area contributed by atoms with Gasteiger partial charge in [-0.25, -0.2) is 0 Å². The number of rotatable bonds is 2. The first-order chi connectivity index (χ1) is 6.83. The van der Waals surface area contributed by atoms with Crippen LogP contribution < -0.4 is 5.73 Å². The molecular weight excluding hydrogens is 188 g/mol. The molecule has 1 unspecified atom stereocenters. The van der Waals surface area contributed by atoms with Crippen molar-refractivity contribution in [3.05, 3.63) is 0 Å². The Balaban J connectivity index is 2.02. The molecule has 2 aliphatic rings. The van der Waals surface area contributed by atoms with Crippen LogP contribution in [0.5, 0.6) is 0 Å². The zero-order valence-electron chi connectivity index (χ0n) is 10.0. The number of hydrogen-bond acceptors (Lipinski definition) is 2. The van der Waals surface area contributed by atoms with Crippen LogP contribution in [0.4, 0.5) is 0 Å². The Morgan fingerprint density at radius 1 is 1.47 bits per heavy atom. The molecule has 0 bridgehead atoms. The van der Waals surface area contributed by atoms with Crippen LogP contribution in [-0.2, 0) is 4.79 Å². The summed E-state index contributed by atoms with van der Waals surface area (Å²) in [6.07, 6.45) is 3.34. The van der Waals surface area contributed by atoms with Gasteiger partial charge in [0.05, 0.1) is 5.54 Å². The van der Waals surface area contributed by atoms with Crippen molar-refractivity contribution in [1.29, 1.82) is 0 Å². The van der Waals surface area contributed by atoms with Crippen molar-refractivity contribution in [2.75, 3.05) is 13.1 Å². The quantitative estimate of drug-likeness (QED) is 0.748. The van der Waals surface area contributed by atoms with E-state index >= 15 is 0 Å². The van der Waals surface area contributed by atoms with Gasteiger partial charge in [0, 0.05) is 13.1 Å². The third-order valence-corrected chi connectivity index (χ3v) is 3.85. The fourth-order valence-electron chi connectivity index (χ4n) is 2.48. The molecule has 0 aromatic rings.